The lowest BCUT2D eigenvalue weighted by Gasteiger charge is -2.63. The van der Waals surface area contributed by atoms with Gasteiger partial charge in [0.15, 0.2) is 0 Å². The number of benzene rings is 1. The van der Waals surface area contributed by atoms with E-state index in [4.69, 9.17) is 4.98 Å². The summed E-state index contributed by atoms with van der Waals surface area (Å²) < 4.78 is 0. The molecular weight excluding hydrogens is 292 g/mol. The summed E-state index contributed by atoms with van der Waals surface area (Å²) in [5, 5.41) is 0. The van der Waals surface area contributed by atoms with Gasteiger partial charge in [-0.25, -0.2) is 0 Å². The van der Waals surface area contributed by atoms with E-state index < -0.39 is 0 Å². The number of fused-ring (bicyclic) bond motifs is 2. The largest absolute Gasteiger partial charge is 0.357 e. The summed E-state index contributed by atoms with van der Waals surface area (Å²) in [5.41, 5.74) is 8.29. The Kier molecular flexibility index (Phi) is 3.16. The average Bonchev–Trinajstić information content (AvgIpc) is 2.53. The summed E-state index contributed by atoms with van der Waals surface area (Å²) in [7, 11) is 0. The van der Waals surface area contributed by atoms with E-state index in [9.17, 15) is 0 Å². The second-order valence-electron chi connectivity index (χ2n) is 8.30. The third kappa shape index (κ3) is 1.80. The van der Waals surface area contributed by atoms with Gasteiger partial charge < -0.3 is 4.90 Å². The van der Waals surface area contributed by atoms with Crippen LogP contribution in [0.1, 0.15) is 61.7 Å². The number of hydrogen-bond donors (Lipinski definition) is 0. The maximum absolute atomic E-state index is 4.80. The second kappa shape index (κ2) is 4.84. The van der Waals surface area contributed by atoms with E-state index in [1.54, 1.807) is 5.56 Å². The van der Waals surface area contributed by atoms with E-state index >= 15 is 0 Å². The zero-order valence-corrected chi connectivity index (χ0v) is 15.8. The molecule has 0 saturated carbocycles. The smallest absolute Gasteiger partial charge is 0.0632 e. The van der Waals surface area contributed by atoms with Crippen LogP contribution in [0.3, 0.4) is 0 Å². The lowest BCUT2D eigenvalue weighted by molar-refractivity contribution is 0.165. The third-order valence-corrected chi connectivity index (χ3v) is 6.82. The highest BCUT2D eigenvalue weighted by molar-refractivity contribution is 5.65. The summed E-state index contributed by atoms with van der Waals surface area (Å²) in [6, 6.07) is 11.8. The quantitative estimate of drug-likeness (QED) is 0.719. The Balaban J connectivity index is 2.00. The molecule has 0 amide bonds. The van der Waals surface area contributed by atoms with Crippen molar-refractivity contribution in [1.82, 2.24) is 4.98 Å². The van der Waals surface area contributed by atoms with Gasteiger partial charge in [-0.05, 0) is 70.2 Å². The predicted molar refractivity (Wildman–Crippen MR) is 101 cm³/mol. The molecule has 1 fully saturated rings. The van der Waals surface area contributed by atoms with Crippen molar-refractivity contribution in [2.24, 2.45) is 0 Å². The van der Waals surface area contributed by atoms with Gasteiger partial charge in [0.1, 0.15) is 0 Å². The Morgan fingerprint density at radius 1 is 1.04 bits per heavy atom. The molecule has 126 valence electrons. The number of hydrogen-bond acceptors (Lipinski definition) is 2. The summed E-state index contributed by atoms with van der Waals surface area (Å²) >= 11 is 0. The number of piperidine rings is 1. The van der Waals surface area contributed by atoms with Crippen molar-refractivity contribution >= 4 is 5.69 Å². The molecule has 0 N–H and O–H groups in total. The molecule has 24 heavy (non-hydrogen) atoms. The fourth-order valence-electron chi connectivity index (χ4n) is 5.44. The van der Waals surface area contributed by atoms with Gasteiger partial charge in [-0.15, -0.1) is 0 Å². The molecule has 2 heteroatoms. The highest BCUT2D eigenvalue weighted by Gasteiger charge is 2.56. The lowest BCUT2D eigenvalue weighted by atomic mass is 9.56. The van der Waals surface area contributed by atoms with Gasteiger partial charge in [-0.1, -0.05) is 31.2 Å². The van der Waals surface area contributed by atoms with Crippen LogP contribution in [0.2, 0.25) is 0 Å². The highest BCUT2D eigenvalue weighted by Crippen LogP contribution is 2.58. The lowest BCUT2D eigenvalue weighted by Crippen LogP contribution is -2.65. The molecule has 3 atom stereocenters. The van der Waals surface area contributed by atoms with Crippen LogP contribution in [0.15, 0.2) is 30.3 Å². The minimum atomic E-state index is 0.0558. The number of nitrogens with zero attached hydrogens (tertiary/aromatic N) is 2. The Bertz CT molecular complexity index is 801. The molecule has 0 radical (unpaired) electrons. The average molecular weight is 320 g/mol. The van der Waals surface area contributed by atoms with Crippen LogP contribution >= 0.6 is 0 Å². The minimum absolute atomic E-state index is 0.0558. The van der Waals surface area contributed by atoms with E-state index in [1.807, 2.05) is 0 Å². The molecule has 2 nitrogen and oxygen atoms in total. The molecule has 1 aliphatic carbocycles. The predicted octanol–water partition coefficient (Wildman–Crippen LogP) is 5.18. The van der Waals surface area contributed by atoms with Crippen LogP contribution in [0.5, 0.6) is 0 Å². The molecule has 1 aromatic carbocycles. The van der Waals surface area contributed by atoms with Gasteiger partial charge >= 0.3 is 0 Å². The van der Waals surface area contributed by atoms with Crippen molar-refractivity contribution in [1.29, 1.82) is 0 Å². The maximum atomic E-state index is 4.80. The third-order valence-electron chi connectivity index (χ3n) is 6.82. The molecule has 5 rings (SSSR count). The highest BCUT2D eigenvalue weighted by atomic mass is 15.3. The zero-order valence-electron chi connectivity index (χ0n) is 15.8. The number of aryl methyl sites for hydroxylation is 3. The minimum Gasteiger partial charge on any atom is -0.357 e. The van der Waals surface area contributed by atoms with Crippen LogP contribution < -0.4 is 4.90 Å². The van der Waals surface area contributed by atoms with Crippen LogP contribution in [-0.4, -0.2) is 11.0 Å². The molecule has 2 aromatic rings. The number of rotatable bonds is 1. The molecule has 3 heterocycles. The van der Waals surface area contributed by atoms with E-state index in [0.29, 0.717) is 6.04 Å². The standard InChI is InChI=1S/C22H28N2/c1-14-13-15(2)23-16(3)20(14)24-17(4)21(5)11-12-22(24,6)19-10-8-7-9-18(19)21/h7-10,13,17H,11-12H2,1-6H3/t17-,21?,22?/m0/s1. The Labute approximate surface area is 145 Å². The maximum Gasteiger partial charge on any atom is 0.0632 e. The zero-order chi connectivity index (χ0) is 17.3. The number of anilines is 1. The molecule has 2 bridgehead atoms. The fourth-order valence-corrected chi connectivity index (χ4v) is 5.44. The van der Waals surface area contributed by atoms with Crippen molar-refractivity contribution in [3.8, 4) is 0 Å². The van der Waals surface area contributed by atoms with E-state index in [2.05, 4.69) is 76.8 Å². The summed E-state index contributed by atoms with van der Waals surface area (Å²) in [6.45, 7) is 13.8. The van der Waals surface area contributed by atoms with Crippen molar-refractivity contribution in [2.45, 2.75) is 71.4 Å². The van der Waals surface area contributed by atoms with Crippen LogP contribution in [0.4, 0.5) is 5.69 Å². The second-order valence-corrected chi connectivity index (χ2v) is 8.30. The van der Waals surface area contributed by atoms with Crippen molar-refractivity contribution < 1.29 is 0 Å². The van der Waals surface area contributed by atoms with Gasteiger partial charge in [0.25, 0.3) is 0 Å². The van der Waals surface area contributed by atoms with Gasteiger partial charge in [-0.2, -0.15) is 0 Å². The molecular formula is C22H28N2. The first-order valence-electron chi connectivity index (χ1n) is 9.13. The van der Waals surface area contributed by atoms with Crippen LogP contribution in [-0.2, 0) is 11.0 Å². The topological polar surface area (TPSA) is 16.1 Å². The SMILES string of the molecule is Cc1cc(C)c(N2[C@@H](C)C3(C)CCC2(C)c2ccccc23)c(C)n1. The molecule has 0 spiro atoms. The number of pyridine rings is 1. The summed E-state index contributed by atoms with van der Waals surface area (Å²) in [4.78, 5) is 7.49. The first kappa shape index (κ1) is 15.7. The summed E-state index contributed by atoms with van der Waals surface area (Å²) in [6.07, 6.45) is 2.47. The first-order valence-corrected chi connectivity index (χ1v) is 9.13. The van der Waals surface area contributed by atoms with E-state index in [0.717, 1.165) is 11.4 Å². The van der Waals surface area contributed by atoms with Gasteiger partial charge in [0.05, 0.1) is 16.9 Å². The van der Waals surface area contributed by atoms with Crippen LogP contribution in [0.25, 0.3) is 0 Å². The van der Waals surface area contributed by atoms with E-state index in [-0.39, 0.29) is 11.0 Å². The van der Waals surface area contributed by atoms with E-state index in [1.165, 1.54) is 29.7 Å². The normalized spacial score (nSPS) is 31.2. The molecule has 1 saturated heterocycles. The first-order chi connectivity index (χ1) is 11.3. The molecule has 2 aliphatic heterocycles. The Hall–Kier alpha value is -1.83. The van der Waals surface area contributed by atoms with Gasteiger partial charge in [0, 0.05) is 17.2 Å². The Morgan fingerprint density at radius 2 is 1.71 bits per heavy atom. The van der Waals surface area contributed by atoms with Crippen LogP contribution in [0, 0.1) is 20.8 Å². The van der Waals surface area contributed by atoms with Gasteiger partial charge in [0.2, 0.25) is 0 Å². The molecule has 1 aromatic heterocycles. The fraction of sp³-hybridized carbons (Fsp3) is 0.500. The van der Waals surface area contributed by atoms with Crippen molar-refractivity contribution in [3.05, 3.63) is 58.4 Å². The van der Waals surface area contributed by atoms with Crippen molar-refractivity contribution in [2.75, 3.05) is 4.90 Å². The summed E-state index contributed by atoms with van der Waals surface area (Å²) in [5.74, 6) is 0. The molecule has 3 aliphatic rings. The number of aromatic nitrogens is 1. The van der Waals surface area contributed by atoms with Gasteiger partial charge in [-0.3, -0.25) is 4.98 Å². The Morgan fingerprint density at radius 3 is 2.38 bits per heavy atom. The monoisotopic (exact) mass is 320 g/mol. The van der Waals surface area contributed by atoms with Crippen molar-refractivity contribution in [3.63, 3.8) is 0 Å². The molecule has 2 unspecified atom stereocenters.